The van der Waals surface area contributed by atoms with Crippen LogP contribution in [0.4, 0.5) is 0 Å². The van der Waals surface area contributed by atoms with Crippen molar-refractivity contribution in [2.24, 2.45) is 5.92 Å². The van der Waals surface area contributed by atoms with Crippen LogP contribution in [0.3, 0.4) is 0 Å². The molecule has 2 nitrogen and oxygen atoms in total. The second-order valence-electron chi connectivity index (χ2n) is 3.98. The van der Waals surface area contributed by atoms with E-state index in [2.05, 4.69) is 5.32 Å². The Labute approximate surface area is 75.4 Å². The quantitative estimate of drug-likeness (QED) is 0.569. The second kappa shape index (κ2) is 5.55. The lowest BCUT2D eigenvalue weighted by molar-refractivity contribution is 0.251. The molecular weight excluding hydrogens is 150 g/mol. The Bertz CT molecular complexity index is 112. The number of aliphatic hydroxyl groups excluding tert-OH is 1. The van der Waals surface area contributed by atoms with Gasteiger partial charge in [-0.15, -0.1) is 0 Å². The number of aliphatic hydroxyl groups is 1. The van der Waals surface area contributed by atoms with Crippen LogP contribution in [0.5, 0.6) is 0 Å². The maximum atomic E-state index is 8.73. The average molecular weight is 171 g/mol. The largest absolute Gasteiger partial charge is 0.395 e. The molecule has 72 valence electrons. The molecule has 0 amide bonds. The first-order valence-electron chi connectivity index (χ1n) is 5.17. The summed E-state index contributed by atoms with van der Waals surface area (Å²) in [6.07, 6.45) is 6.99. The molecule has 2 N–H and O–H groups in total. The van der Waals surface area contributed by atoms with Crippen LogP contribution in [-0.2, 0) is 0 Å². The van der Waals surface area contributed by atoms with Gasteiger partial charge in [-0.1, -0.05) is 25.7 Å². The van der Waals surface area contributed by atoms with Gasteiger partial charge in [-0.2, -0.15) is 0 Å². The summed E-state index contributed by atoms with van der Waals surface area (Å²) in [4.78, 5) is 0. The van der Waals surface area contributed by atoms with Crippen LogP contribution in [0.15, 0.2) is 0 Å². The van der Waals surface area contributed by atoms with Crippen molar-refractivity contribution in [3.8, 4) is 0 Å². The van der Waals surface area contributed by atoms with Gasteiger partial charge in [0.15, 0.2) is 0 Å². The van der Waals surface area contributed by atoms with E-state index in [9.17, 15) is 0 Å². The molecule has 1 saturated carbocycles. The molecule has 1 aliphatic carbocycles. The highest BCUT2D eigenvalue weighted by Crippen LogP contribution is 2.33. The molecule has 0 aliphatic heterocycles. The molecule has 0 heterocycles. The second-order valence-corrected chi connectivity index (χ2v) is 3.98. The van der Waals surface area contributed by atoms with Crippen molar-refractivity contribution in [1.82, 2.24) is 5.32 Å². The van der Waals surface area contributed by atoms with Crippen molar-refractivity contribution in [2.45, 2.75) is 45.1 Å². The first-order valence-corrected chi connectivity index (χ1v) is 5.17. The van der Waals surface area contributed by atoms with E-state index in [0.717, 1.165) is 12.5 Å². The molecule has 0 spiro atoms. The Balaban J connectivity index is 1.75. The maximum absolute atomic E-state index is 8.73. The van der Waals surface area contributed by atoms with Crippen molar-refractivity contribution in [3.63, 3.8) is 0 Å². The fourth-order valence-electron chi connectivity index (χ4n) is 1.38. The maximum Gasteiger partial charge on any atom is 0.0581 e. The first-order chi connectivity index (χ1) is 5.83. The zero-order valence-corrected chi connectivity index (χ0v) is 8.05. The molecule has 1 rings (SSSR count). The molecule has 0 saturated heterocycles. The van der Waals surface area contributed by atoms with Crippen molar-refractivity contribution in [3.05, 3.63) is 0 Å². The summed E-state index contributed by atoms with van der Waals surface area (Å²) in [5.41, 5.74) is 0. The minimum absolute atomic E-state index is 0.253. The van der Waals surface area contributed by atoms with E-state index in [0.29, 0.717) is 0 Å². The third-order valence-electron chi connectivity index (χ3n) is 2.50. The molecule has 0 aromatic heterocycles. The van der Waals surface area contributed by atoms with Crippen molar-refractivity contribution in [1.29, 1.82) is 0 Å². The average Bonchev–Trinajstić information content (AvgIpc) is 2.87. The fraction of sp³-hybridized carbons (Fsp3) is 1.00. The lowest BCUT2D eigenvalue weighted by Gasteiger charge is -2.09. The van der Waals surface area contributed by atoms with E-state index < -0.39 is 0 Å². The zero-order valence-electron chi connectivity index (χ0n) is 8.05. The molecule has 0 bridgehead atoms. The summed E-state index contributed by atoms with van der Waals surface area (Å²) in [6, 6.07) is 0.269. The molecule has 2 heteroatoms. The fourth-order valence-corrected chi connectivity index (χ4v) is 1.38. The molecule has 0 aromatic carbocycles. The van der Waals surface area contributed by atoms with Crippen molar-refractivity contribution >= 4 is 0 Å². The van der Waals surface area contributed by atoms with Crippen LogP contribution in [0.25, 0.3) is 0 Å². The molecule has 1 aliphatic rings. The van der Waals surface area contributed by atoms with Gasteiger partial charge in [0.2, 0.25) is 0 Å². The van der Waals surface area contributed by atoms with E-state index in [1.165, 1.54) is 32.1 Å². The molecule has 0 aromatic rings. The third kappa shape index (κ3) is 4.73. The summed E-state index contributed by atoms with van der Waals surface area (Å²) < 4.78 is 0. The van der Waals surface area contributed by atoms with E-state index in [4.69, 9.17) is 5.11 Å². The SMILES string of the molecule is CC(CO)NCCCCC1CC1. The van der Waals surface area contributed by atoms with Crippen LogP contribution in [0, 0.1) is 5.92 Å². The Morgan fingerprint density at radius 1 is 1.42 bits per heavy atom. The number of hydrogen-bond donors (Lipinski definition) is 2. The van der Waals surface area contributed by atoms with Crippen LogP contribution in [0.1, 0.15) is 39.0 Å². The van der Waals surface area contributed by atoms with Crippen LogP contribution < -0.4 is 5.32 Å². The molecule has 12 heavy (non-hydrogen) atoms. The third-order valence-corrected chi connectivity index (χ3v) is 2.50. The summed E-state index contributed by atoms with van der Waals surface area (Å²) in [6.45, 7) is 3.33. The van der Waals surface area contributed by atoms with E-state index in [1.54, 1.807) is 0 Å². The summed E-state index contributed by atoms with van der Waals surface area (Å²) in [5, 5.41) is 12.0. The monoisotopic (exact) mass is 171 g/mol. The van der Waals surface area contributed by atoms with Crippen LogP contribution >= 0.6 is 0 Å². The lowest BCUT2D eigenvalue weighted by atomic mass is 10.2. The number of rotatable bonds is 7. The van der Waals surface area contributed by atoms with Crippen molar-refractivity contribution < 1.29 is 5.11 Å². The number of nitrogens with one attached hydrogen (secondary N) is 1. The predicted octanol–water partition coefficient (Wildman–Crippen LogP) is 1.54. The van der Waals surface area contributed by atoms with Gasteiger partial charge in [-0.05, 0) is 25.8 Å². The Morgan fingerprint density at radius 2 is 2.17 bits per heavy atom. The Kier molecular flexibility index (Phi) is 4.62. The number of unbranched alkanes of at least 4 members (excludes halogenated alkanes) is 1. The highest BCUT2D eigenvalue weighted by molar-refractivity contribution is 4.72. The predicted molar refractivity (Wildman–Crippen MR) is 51.1 cm³/mol. The molecule has 1 fully saturated rings. The minimum atomic E-state index is 0.253. The molecule has 1 atom stereocenters. The standard InChI is InChI=1S/C10H21NO/c1-9(8-12)11-7-3-2-4-10-5-6-10/h9-12H,2-8H2,1H3. The molecule has 1 unspecified atom stereocenters. The van der Waals surface area contributed by atoms with Gasteiger partial charge in [0.25, 0.3) is 0 Å². The summed E-state index contributed by atoms with van der Waals surface area (Å²) >= 11 is 0. The normalized spacial score (nSPS) is 19.5. The van der Waals surface area contributed by atoms with Crippen LogP contribution in [0.2, 0.25) is 0 Å². The van der Waals surface area contributed by atoms with Gasteiger partial charge >= 0.3 is 0 Å². The topological polar surface area (TPSA) is 32.3 Å². The van der Waals surface area contributed by atoms with E-state index in [-0.39, 0.29) is 12.6 Å². The molecule has 0 radical (unpaired) electrons. The van der Waals surface area contributed by atoms with Gasteiger partial charge in [0, 0.05) is 6.04 Å². The van der Waals surface area contributed by atoms with Gasteiger partial charge in [-0.3, -0.25) is 0 Å². The van der Waals surface area contributed by atoms with Crippen molar-refractivity contribution in [2.75, 3.05) is 13.2 Å². The van der Waals surface area contributed by atoms with E-state index in [1.807, 2.05) is 6.92 Å². The minimum Gasteiger partial charge on any atom is -0.395 e. The van der Waals surface area contributed by atoms with Crippen LogP contribution in [-0.4, -0.2) is 24.3 Å². The summed E-state index contributed by atoms with van der Waals surface area (Å²) in [5.74, 6) is 1.07. The highest BCUT2D eigenvalue weighted by Gasteiger charge is 2.19. The van der Waals surface area contributed by atoms with Gasteiger partial charge < -0.3 is 10.4 Å². The lowest BCUT2D eigenvalue weighted by Crippen LogP contribution is -2.29. The molecular formula is C10H21NO. The Morgan fingerprint density at radius 3 is 2.75 bits per heavy atom. The number of hydrogen-bond acceptors (Lipinski definition) is 2. The van der Waals surface area contributed by atoms with Gasteiger partial charge in [0.1, 0.15) is 0 Å². The Hall–Kier alpha value is -0.0800. The summed E-state index contributed by atoms with van der Waals surface area (Å²) in [7, 11) is 0. The van der Waals surface area contributed by atoms with Gasteiger partial charge in [-0.25, -0.2) is 0 Å². The highest BCUT2D eigenvalue weighted by atomic mass is 16.3. The van der Waals surface area contributed by atoms with Gasteiger partial charge in [0.05, 0.1) is 6.61 Å². The zero-order chi connectivity index (χ0) is 8.81. The first kappa shape index (κ1) is 10.0. The smallest absolute Gasteiger partial charge is 0.0581 e. The van der Waals surface area contributed by atoms with E-state index >= 15 is 0 Å².